The van der Waals surface area contributed by atoms with E-state index in [0.29, 0.717) is 22.0 Å². The van der Waals surface area contributed by atoms with E-state index in [4.69, 9.17) is 16.0 Å². The van der Waals surface area contributed by atoms with Crippen molar-refractivity contribution < 1.29 is 19.1 Å². The van der Waals surface area contributed by atoms with Crippen LogP contribution in [0.1, 0.15) is 41.3 Å². The van der Waals surface area contributed by atoms with Gasteiger partial charge in [-0.15, -0.1) is 0 Å². The number of benzene rings is 2. The molecule has 0 saturated carbocycles. The molecule has 5 nitrogen and oxygen atoms in total. The monoisotopic (exact) mass is 433 g/mol. The lowest BCUT2D eigenvalue weighted by molar-refractivity contribution is -0.132. The minimum atomic E-state index is -0.868. The Labute approximate surface area is 184 Å². The van der Waals surface area contributed by atoms with E-state index in [-0.39, 0.29) is 11.3 Å². The topological polar surface area (TPSA) is 70.8 Å². The maximum Gasteiger partial charge on any atom is 0.300 e. The van der Waals surface area contributed by atoms with Gasteiger partial charge < -0.3 is 9.52 Å². The highest BCUT2D eigenvalue weighted by Gasteiger charge is 2.48. The van der Waals surface area contributed by atoms with Crippen molar-refractivity contribution in [2.75, 3.05) is 4.90 Å². The summed E-state index contributed by atoms with van der Waals surface area (Å²) in [5.74, 6) is -1.26. The lowest BCUT2D eigenvalue weighted by atomic mass is 9.89. The van der Waals surface area contributed by atoms with Gasteiger partial charge in [-0.05, 0) is 79.3 Å². The predicted octanol–water partition coefficient (Wildman–Crippen LogP) is 5.44. The Morgan fingerprint density at radius 1 is 1.00 bits per heavy atom. The second-order valence-electron chi connectivity index (χ2n) is 7.85. The number of hydrogen-bond acceptors (Lipinski definition) is 4. The molecule has 156 valence electrons. The number of halogens is 1. The largest absolute Gasteiger partial charge is 0.507 e. The fourth-order valence-electron chi connectivity index (χ4n) is 4.45. The minimum absolute atomic E-state index is 0.0191. The van der Waals surface area contributed by atoms with Gasteiger partial charge in [-0.25, -0.2) is 0 Å². The Bertz CT molecular complexity index is 1190. The number of hydrogen-bond donors (Lipinski definition) is 1. The summed E-state index contributed by atoms with van der Waals surface area (Å²) in [6.07, 6.45) is 5.70. The number of fused-ring (bicyclic) bond motifs is 1. The first-order valence-electron chi connectivity index (χ1n) is 10.3. The van der Waals surface area contributed by atoms with Gasteiger partial charge in [0.2, 0.25) is 0 Å². The van der Waals surface area contributed by atoms with Gasteiger partial charge in [0.25, 0.3) is 11.7 Å². The second-order valence-corrected chi connectivity index (χ2v) is 8.29. The molecule has 1 aliphatic heterocycles. The van der Waals surface area contributed by atoms with Crippen LogP contribution in [-0.4, -0.2) is 16.8 Å². The van der Waals surface area contributed by atoms with Crippen molar-refractivity contribution in [2.45, 2.75) is 31.7 Å². The lowest BCUT2D eigenvalue weighted by Crippen LogP contribution is -2.29. The molecule has 1 saturated heterocycles. The van der Waals surface area contributed by atoms with Gasteiger partial charge in [-0.3, -0.25) is 14.5 Å². The van der Waals surface area contributed by atoms with Crippen LogP contribution in [0.5, 0.6) is 0 Å². The van der Waals surface area contributed by atoms with E-state index in [0.717, 1.165) is 25.7 Å². The van der Waals surface area contributed by atoms with Gasteiger partial charge >= 0.3 is 0 Å². The third-order valence-electron chi connectivity index (χ3n) is 5.98. The molecule has 1 N–H and O–H groups in total. The summed E-state index contributed by atoms with van der Waals surface area (Å²) in [5.41, 5.74) is 3.50. The highest BCUT2D eigenvalue weighted by Crippen LogP contribution is 2.42. The Balaban J connectivity index is 1.66. The number of nitrogens with zero attached hydrogens (tertiary/aromatic N) is 1. The van der Waals surface area contributed by atoms with E-state index in [2.05, 4.69) is 0 Å². The summed E-state index contributed by atoms with van der Waals surface area (Å²) >= 11 is 6.00. The first-order valence-corrected chi connectivity index (χ1v) is 10.6. The van der Waals surface area contributed by atoms with Crippen molar-refractivity contribution in [3.8, 4) is 0 Å². The van der Waals surface area contributed by atoms with Crippen LogP contribution in [0.3, 0.4) is 0 Å². The normalized spacial score (nSPS) is 20.2. The first-order chi connectivity index (χ1) is 15.0. The Morgan fingerprint density at radius 2 is 1.74 bits per heavy atom. The van der Waals surface area contributed by atoms with Crippen molar-refractivity contribution in [2.24, 2.45) is 0 Å². The zero-order valence-corrected chi connectivity index (χ0v) is 17.4. The summed E-state index contributed by atoms with van der Waals surface area (Å²) in [6, 6.07) is 14.9. The van der Waals surface area contributed by atoms with Gasteiger partial charge in [-0.1, -0.05) is 23.7 Å². The molecule has 3 aromatic rings. The number of carbonyl (C=O) groups excluding carboxylic acids is 2. The molecule has 1 amide bonds. The molecular weight excluding hydrogens is 414 g/mol. The van der Waals surface area contributed by atoms with Gasteiger partial charge in [0.1, 0.15) is 17.6 Å². The summed E-state index contributed by atoms with van der Waals surface area (Å²) in [7, 11) is 0. The van der Waals surface area contributed by atoms with Crippen molar-refractivity contribution >= 4 is 34.7 Å². The quantitative estimate of drug-likeness (QED) is 0.339. The van der Waals surface area contributed by atoms with Gasteiger partial charge in [0.05, 0.1) is 11.8 Å². The maximum atomic E-state index is 13.1. The van der Waals surface area contributed by atoms with Crippen LogP contribution in [-0.2, 0) is 22.4 Å². The number of aliphatic hydroxyl groups is 1. The van der Waals surface area contributed by atoms with Crippen LogP contribution in [0.25, 0.3) is 5.76 Å². The number of amides is 1. The van der Waals surface area contributed by atoms with Crippen LogP contribution in [0.2, 0.25) is 5.02 Å². The smallest absolute Gasteiger partial charge is 0.300 e. The number of aryl methyl sites for hydroxylation is 2. The summed E-state index contributed by atoms with van der Waals surface area (Å²) in [6.45, 7) is 0. The molecule has 0 radical (unpaired) electrons. The third-order valence-corrected chi connectivity index (χ3v) is 6.24. The van der Waals surface area contributed by atoms with E-state index < -0.39 is 17.7 Å². The molecule has 6 heteroatoms. The van der Waals surface area contributed by atoms with E-state index in [1.807, 2.05) is 18.2 Å². The summed E-state index contributed by atoms with van der Waals surface area (Å²) < 4.78 is 5.58. The predicted molar refractivity (Wildman–Crippen MR) is 118 cm³/mol. The molecule has 2 aliphatic rings. The molecule has 0 spiro atoms. The molecule has 2 aromatic carbocycles. The number of rotatable bonds is 3. The molecule has 0 bridgehead atoms. The van der Waals surface area contributed by atoms with Crippen LogP contribution >= 0.6 is 11.6 Å². The molecule has 1 atom stereocenters. The van der Waals surface area contributed by atoms with Crippen LogP contribution in [0.15, 0.2) is 70.9 Å². The zero-order chi connectivity index (χ0) is 21.5. The van der Waals surface area contributed by atoms with Crippen LogP contribution in [0.4, 0.5) is 5.69 Å². The van der Waals surface area contributed by atoms with Crippen LogP contribution in [0, 0.1) is 0 Å². The number of aliphatic hydroxyl groups excluding tert-OH is 1. The highest BCUT2D eigenvalue weighted by atomic mass is 35.5. The van der Waals surface area contributed by atoms with E-state index in [1.165, 1.54) is 22.3 Å². The molecule has 1 unspecified atom stereocenters. The third kappa shape index (κ3) is 3.35. The van der Waals surface area contributed by atoms with E-state index >= 15 is 0 Å². The van der Waals surface area contributed by atoms with E-state index in [9.17, 15) is 14.7 Å². The number of anilines is 1. The second kappa shape index (κ2) is 7.75. The number of ketones is 1. The average molecular weight is 434 g/mol. The molecule has 2 heterocycles. The molecule has 31 heavy (non-hydrogen) atoms. The summed E-state index contributed by atoms with van der Waals surface area (Å²) in [5, 5.41) is 11.7. The maximum absolute atomic E-state index is 13.1. The van der Waals surface area contributed by atoms with Gasteiger partial charge in [-0.2, -0.15) is 0 Å². The van der Waals surface area contributed by atoms with Crippen molar-refractivity contribution in [3.63, 3.8) is 0 Å². The average Bonchev–Trinajstić information content (AvgIpc) is 3.41. The zero-order valence-electron chi connectivity index (χ0n) is 16.7. The first kappa shape index (κ1) is 19.6. The van der Waals surface area contributed by atoms with Crippen molar-refractivity contribution in [1.82, 2.24) is 0 Å². The van der Waals surface area contributed by atoms with Gasteiger partial charge in [0, 0.05) is 16.3 Å². The molecule has 1 fully saturated rings. The SMILES string of the molecule is O=C1C(=O)N(c2ccc(Cl)cc2)C(c2ccco2)/C1=C(/O)c1ccc2c(c1)CCCC2. The van der Waals surface area contributed by atoms with Gasteiger partial charge in [0.15, 0.2) is 0 Å². The fraction of sp³-hybridized carbons (Fsp3) is 0.200. The van der Waals surface area contributed by atoms with Crippen LogP contribution < -0.4 is 4.90 Å². The standard InChI is InChI=1S/C25H20ClNO4/c26-18-9-11-19(12-10-18)27-22(20-6-3-13-31-20)21(24(29)25(27)30)23(28)17-8-7-15-4-1-2-5-16(15)14-17/h3,6-14,22,28H,1-2,4-5H2/b23-21-. The number of carbonyl (C=O) groups is 2. The minimum Gasteiger partial charge on any atom is -0.507 e. The Kier molecular flexibility index (Phi) is 4.91. The molecular formula is C25H20ClNO4. The molecule has 1 aromatic heterocycles. The molecule has 5 rings (SSSR count). The Morgan fingerprint density at radius 3 is 2.45 bits per heavy atom. The van der Waals surface area contributed by atoms with Crippen molar-refractivity contribution in [1.29, 1.82) is 0 Å². The summed E-state index contributed by atoms with van der Waals surface area (Å²) in [4.78, 5) is 27.5. The number of furan rings is 1. The van der Waals surface area contributed by atoms with E-state index in [1.54, 1.807) is 36.4 Å². The number of Topliss-reactive ketones (excluding diaryl/α,β-unsaturated/α-hetero) is 1. The highest BCUT2D eigenvalue weighted by molar-refractivity contribution is 6.51. The Hall–Kier alpha value is -3.31. The van der Waals surface area contributed by atoms with Crippen molar-refractivity contribution in [3.05, 3.63) is 93.9 Å². The molecule has 1 aliphatic carbocycles. The fourth-order valence-corrected chi connectivity index (χ4v) is 4.58. The lowest BCUT2D eigenvalue weighted by Gasteiger charge is -2.23.